The highest BCUT2D eigenvalue weighted by Crippen LogP contribution is 2.40. The van der Waals surface area contributed by atoms with Gasteiger partial charge in [-0.15, -0.1) is 22.7 Å². The van der Waals surface area contributed by atoms with E-state index in [1.165, 1.54) is 0 Å². The number of aromatic amines is 2. The first kappa shape index (κ1) is 55.4. The summed E-state index contributed by atoms with van der Waals surface area (Å²) in [4.78, 5) is 69.9. The molecule has 10 rings (SSSR count). The molecule has 6 heterocycles. The maximum Gasteiger partial charge on any atom is 0.352 e. The van der Waals surface area contributed by atoms with E-state index >= 15 is 0 Å². The number of Topliss-reactive ketones (excluding diaryl/α,β-unsaturated/α-hetero) is 1. The number of carboxylic acids is 1. The number of nitrogens with two attached hydrogens (primary N) is 1. The van der Waals surface area contributed by atoms with Gasteiger partial charge in [0.05, 0.1) is 28.2 Å². The lowest BCUT2D eigenvalue weighted by Crippen LogP contribution is -2.28. The van der Waals surface area contributed by atoms with E-state index in [2.05, 4.69) is 70.2 Å². The van der Waals surface area contributed by atoms with Crippen LogP contribution in [0.25, 0.3) is 67.0 Å². The van der Waals surface area contributed by atoms with Gasteiger partial charge in [-0.3, -0.25) is 14.4 Å². The van der Waals surface area contributed by atoms with Crippen molar-refractivity contribution in [2.75, 3.05) is 56.4 Å². The standard InChI is InChI=1S/C31H32N4O2S.C24H17N3O3S.C6H16N2/c1-4-35(5-2)15-9-12-29(36)27-16-20(3)26(32-27)18-24-23-17-22(13-14-25(23)33-30(24)37)28-19-38-31(34-28)21-10-7-6-8-11-21;1-13-9-20(24(29)30)25-19(13)11-17-16-10-15(7-8-18(16)26-22(17)28)21-12-31-23(27-21)14-5-3-2-4-6-14;1-3-8(4-2)6-5-7/h6-8,10-11,13-14,16-19,32H,4-5,9,12,15H2,1-3H3,(H,33,37);2-12,25H,1H3,(H,26,28)(H,29,30);3-7H2,1-2H3/b24-18-;17-11-;. The number of thiazole rings is 2. The number of amides is 2. The lowest BCUT2D eigenvalue weighted by atomic mass is 10.0. The Morgan fingerprint density at radius 1 is 0.597 bits per heavy atom. The molecule has 16 heteroatoms. The number of rotatable bonds is 18. The summed E-state index contributed by atoms with van der Waals surface area (Å²) in [6.07, 6.45) is 4.88. The normalized spacial score (nSPS) is 13.5. The number of likely N-dealkylation sites (N-methyl/N-ethyl adjacent to an activating group) is 1. The number of carbonyl (C=O) groups is 4. The molecule has 2 aliphatic rings. The third-order valence-corrected chi connectivity index (χ3v) is 15.4. The maximum atomic E-state index is 12.9. The minimum atomic E-state index is -1.04. The molecule has 2 aliphatic heterocycles. The van der Waals surface area contributed by atoms with Crippen LogP contribution in [0.5, 0.6) is 0 Å². The predicted octanol–water partition coefficient (Wildman–Crippen LogP) is 12.5. The molecular formula is C61H65N9O5S2. The molecule has 14 nitrogen and oxygen atoms in total. The van der Waals surface area contributed by atoms with Crippen molar-refractivity contribution in [2.45, 2.75) is 54.4 Å². The average molecular weight is 1070 g/mol. The van der Waals surface area contributed by atoms with Gasteiger partial charge in [0.1, 0.15) is 15.7 Å². The van der Waals surface area contributed by atoms with Crippen molar-refractivity contribution >= 4 is 80.9 Å². The number of aryl methyl sites for hydroxylation is 2. The van der Waals surface area contributed by atoms with Gasteiger partial charge in [0.15, 0.2) is 5.78 Å². The van der Waals surface area contributed by atoms with Crippen molar-refractivity contribution in [1.82, 2.24) is 29.7 Å². The van der Waals surface area contributed by atoms with Gasteiger partial charge in [-0.05, 0) is 113 Å². The van der Waals surface area contributed by atoms with E-state index in [0.29, 0.717) is 29.0 Å². The second-order valence-electron chi connectivity index (χ2n) is 18.6. The number of carboxylic acid groups (broad SMARTS) is 1. The largest absolute Gasteiger partial charge is 0.477 e. The van der Waals surface area contributed by atoms with E-state index in [0.717, 1.165) is 135 Å². The molecule has 0 saturated heterocycles. The van der Waals surface area contributed by atoms with Gasteiger partial charge in [0, 0.05) is 86.4 Å². The second-order valence-corrected chi connectivity index (χ2v) is 20.3. The van der Waals surface area contributed by atoms with Crippen molar-refractivity contribution in [1.29, 1.82) is 0 Å². The number of anilines is 2. The molecule has 0 unspecified atom stereocenters. The van der Waals surface area contributed by atoms with Gasteiger partial charge in [-0.1, -0.05) is 100 Å². The van der Waals surface area contributed by atoms with Crippen molar-refractivity contribution < 1.29 is 24.3 Å². The lowest BCUT2D eigenvalue weighted by molar-refractivity contribution is -0.111. The number of aromatic carboxylic acids is 1. The molecule has 4 aromatic heterocycles. The third kappa shape index (κ3) is 13.4. The van der Waals surface area contributed by atoms with E-state index in [4.69, 9.17) is 15.7 Å². The SMILES string of the molecule is CCN(CC)CCCC(=O)c1cc(C)c(/C=C2\C(=O)Nc3ccc(-c4csc(-c5ccccc5)n4)cc32)[nH]1.CCN(CC)CCN.Cc1cc(C(=O)O)[nH]c1/C=C1\C(=O)Nc2ccc(-c3csc(-c4ccccc4)n3)cc21. The molecular weight excluding hydrogens is 1000 g/mol. The summed E-state index contributed by atoms with van der Waals surface area (Å²) in [6, 6.07) is 35.2. The van der Waals surface area contributed by atoms with Crippen molar-refractivity contribution in [3.8, 4) is 43.7 Å². The molecule has 2 amide bonds. The number of ketones is 1. The summed E-state index contributed by atoms with van der Waals surface area (Å²) in [5.41, 5.74) is 19.0. The molecule has 0 fully saturated rings. The Bertz CT molecular complexity index is 3430. The first-order chi connectivity index (χ1) is 37.3. The zero-order valence-electron chi connectivity index (χ0n) is 44.3. The van der Waals surface area contributed by atoms with Gasteiger partial charge in [0.25, 0.3) is 11.8 Å². The van der Waals surface area contributed by atoms with Gasteiger partial charge in [-0.2, -0.15) is 0 Å². The molecule has 0 radical (unpaired) electrons. The molecule has 0 aliphatic carbocycles. The van der Waals surface area contributed by atoms with Crippen LogP contribution in [0.3, 0.4) is 0 Å². The molecule has 4 aromatic carbocycles. The fraction of sp³-hybridized carbons (Fsp3) is 0.246. The summed E-state index contributed by atoms with van der Waals surface area (Å²) >= 11 is 3.18. The van der Waals surface area contributed by atoms with Crippen LogP contribution < -0.4 is 16.4 Å². The van der Waals surface area contributed by atoms with Crippen LogP contribution in [0.2, 0.25) is 0 Å². The second kappa shape index (κ2) is 25.8. The number of nitrogens with zero attached hydrogens (tertiary/aromatic N) is 4. The van der Waals surface area contributed by atoms with Crippen molar-refractivity contribution in [2.24, 2.45) is 5.73 Å². The molecule has 0 spiro atoms. The maximum absolute atomic E-state index is 12.9. The van der Waals surface area contributed by atoms with Crippen LogP contribution in [0, 0.1) is 13.8 Å². The highest BCUT2D eigenvalue weighted by Gasteiger charge is 2.27. The number of hydrogen-bond acceptors (Lipinski definition) is 11. The molecule has 396 valence electrons. The summed E-state index contributed by atoms with van der Waals surface area (Å²) in [5, 5.41) is 21.0. The topological polar surface area (TPSA) is 202 Å². The van der Waals surface area contributed by atoms with E-state index in [1.807, 2.05) is 115 Å². The summed E-state index contributed by atoms with van der Waals surface area (Å²) in [7, 11) is 0. The fourth-order valence-corrected chi connectivity index (χ4v) is 10.8. The van der Waals surface area contributed by atoms with Gasteiger partial charge in [-0.25, -0.2) is 14.8 Å². The number of carbonyl (C=O) groups excluding carboxylic acids is 3. The van der Waals surface area contributed by atoms with E-state index < -0.39 is 5.97 Å². The molecule has 0 saturated carbocycles. The fourth-order valence-electron chi connectivity index (χ4n) is 9.08. The Morgan fingerprint density at radius 3 is 1.45 bits per heavy atom. The summed E-state index contributed by atoms with van der Waals surface area (Å²) < 4.78 is 0. The number of nitrogens with one attached hydrogen (secondary N) is 4. The van der Waals surface area contributed by atoms with Crippen molar-refractivity contribution in [3.63, 3.8) is 0 Å². The van der Waals surface area contributed by atoms with Crippen LogP contribution >= 0.6 is 22.7 Å². The summed E-state index contributed by atoms with van der Waals surface area (Å²) in [5.74, 6) is -1.31. The van der Waals surface area contributed by atoms with Crippen LogP contribution in [-0.2, 0) is 9.59 Å². The number of aromatic nitrogens is 4. The Labute approximate surface area is 457 Å². The molecule has 7 N–H and O–H groups in total. The van der Waals surface area contributed by atoms with E-state index in [1.54, 1.807) is 41.7 Å². The van der Waals surface area contributed by atoms with Gasteiger partial charge in [0.2, 0.25) is 0 Å². The number of fused-ring (bicyclic) bond motifs is 2. The molecule has 77 heavy (non-hydrogen) atoms. The molecule has 0 bridgehead atoms. The molecule has 0 atom stereocenters. The lowest BCUT2D eigenvalue weighted by Gasteiger charge is -2.17. The number of benzene rings is 4. The van der Waals surface area contributed by atoms with Gasteiger partial charge >= 0.3 is 5.97 Å². The van der Waals surface area contributed by atoms with Crippen LogP contribution in [0.15, 0.2) is 120 Å². The number of hydrogen-bond donors (Lipinski definition) is 6. The average Bonchev–Trinajstić information content (AvgIpc) is 4.34. The van der Waals surface area contributed by atoms with Gasteiger partial charge < -0.3 is 41.2 Å². The summed E-state index contributed by atoms with van der Waals surface area (Å²) in [6.45, 7) is 19.3. The van der Waals surface area contributed by atoms with Crippen LogP contribution in [0.1, 0.15) is 95.2 Å². The minimum absolute atomic E-state index is 0.0904. The third-order valence-electron chi connectivity index (χ3n) is 13.6. The molecule has 8 aromatic rings. The first-order valence-electron chi connectivity index (χ1n) is 26.0. The first-order valence-corrected chi connectivity index (χ1v) is 27.7. The minimum Gasteiger partial charge on any atom is -0.477 e. The monoisotopic (exact) mass is 1070 g/mol. The highest BCUT2D eigenvalue weighted by molar-refractivity contribution is 7.13. The quantitative estimate of drug-likeness (QED) is 0.0355. The van der Waals surface area contributed by atoms with Crippen molar-refractivity contribution in [3.05, 3.63) is 165 Å². The Morgan fingerprint density at radius 2 is 1.04 bits per heavy atom. The van der Waals surface area contributed by atoms with Crippen LogP contribution in [-0.4, -0.2) is 104 Å². The smallest absolute Gasteiger partial charge is 0.352 e. The Balaban J connectivity index is 0.000000181. The highest BCUT2D eigenvalue weighted by atomic mass is 32.1. The Hall–Kier alpha value is -7.86. The number of H-pyrrole nitrogens is 2. The van der Waals surface area contributed by atoms with E-state index in [9.17, 15) is 24.3 Å². The van der Waals surface area contributed by atoms with E-state index in [-0.39, 0.29) is 23.3 Å². The zero-order chi connectivity index (χ0) is 54.6. The zero-order valence-corrected chi connectivity index (χ0v) is 46.0. The van der Waals surface area contributed by atoms with Crippen LogP contribution in [0.4, 0.5) is 11.4 Å². The predicted molar refractivity (Wildman–Crippen MR) is 315 cm³/mol. The Kier molecular flexibility index (Phi) is 18.5.